The Morgan fingerprint density at radius 2 is 0.667 bits per heavy atom. The van der Waals surface area contributed by atoms with Crippen LogP contribution in [0.3, 0.4) is 0 Å². The molecule has 0 unspecified atom stereocenters. The Balaban J connectivity index is 2.41. The average Bonchev–Trinajstić information content (AvgIpc) is 2.88. The first kappa shape index (κ1) is 33.2. The van der Waals surface area contributed by atoms with Crippen molar-refractivity contribution in [1.29, 1.82) is 0 Å². The molecule has 0 aliphatic rings. The maximum atomic E-state index is 5.60. The van der Waals surface area contributed by atoms with Crippen molar-refractivity contribution in [2.45, 2.75) is 168 Å². The van der Waals surface area contributed by atoms with E-state index in [-0.39, 0.29) is 0 Å². The van der Waals surface area contributed by atoms with Crippen molar-refractivity contribution < 1.29 is 9.47 Å². The molecule has 0 atom stereocenters. The normalized spacial score (nSPS) is 11.4. The van der Waals surface area contributed by atoms with Crippen LogP contribution < -0.4 is 0 Å². The van der Waals surface area contributed by atoms with E-state index in [2.05, 4.69) is 26.0 Å². The van der Waals surface area contributed by atoms with E-state index in [9.17, 15) is 0 Å². The Hall–Kier alpha value is -0.860. The van der Waals surface area contributed by atoms with Crippen LogP contribution in [0.25, 0.3) is 0 Å². The summed E-state index contributed by atoms with van der Waals surface area (Å²) in [6, 6.07) is 4.88. The van der Waals surface area contributed by atoms with Gasteiger partial charge in [0.25, 0.3) is 0 Å². The number of benzene rings is 1. The molecule has 0 bridgehead atoms. The molecular weight excluding hydrogens is 440 g/mol. The number of methoxy groups -OCH3 is 2. The molecule has 0 radical (unpaired) electrons. The Labute approximate surface area is 226 Å². The first-order valence-corrected chi connectivity index (χ1v) is 15.9. The zero-order chi connectivity index (χ0) is 26.1. The summed E-state index contributed by atoms with van der Waals surface area (Å²) in [6.07, 6.45) is 30.1. The van der Waals surface area contributed by atoms with E-state index in [1.165, 1.54) is 164 Å². The summed E-state index contributed by atoms with van der Waals surface area (Å²) in [4.78, 5) is 0. The van der Waals surface area contributed by atoms with Crippen LogP contribution in [0.15, 0.2) is 12.1 Å². The zero-order valence-corrected chi connectivity index (χ0v) is 24.9. The molecule has 1 aromatic rings. The number of ether oxygens (including phenoxy) is 2. The molecule has 0 saturated heterocycles. The molecule has 0 N–H and O–H groups in total. The molecular formula is C34H62O2. The van der Waals surface area contributed by atoms with Crippen LogP contribution in [0.5, 0.6) is 0 Å². The lowest BCUT2D eigenvalue weighted by Crippen LogP contribution is -2.04. The lowest BCUT2D eigenvalue weighted by atomic mass is 9.92. The molecule has 0 saturated carbocycles. The van der Waals surface area contributed by atoms with E-state index in [0.717, 1.165) is 13.2 Å². The molecule has 0 aromatic heterocycles. The van der Waals surface area contributed by atoms with E-state index in [0.29, 0.717) is 0 Å². The fourth-order valence-corrected chi connectivity index (χ4v) is 5.44. The molecule has 0 fully saturated rings. The highest BCUT2D eigenvalue weighted by molar-refractivity contribution is 5.38. The lowest BCUT2D eigenvalue weighted by Gasteiger charge is -2.16. The van der Waals surface area contributed by atoms with Crippen molar-refractivity contribution >= 4 is 0 Å². The monoisotopic (exact) mass is 502 g/mol. The summed E-state index contributed by atoms with van der Waals surface area (Å²) in [7, 11) is 3.66. The second-order valence-electron chi connectivity index (χ2n) is 11.1. The van der Waals surface area contributed by atoms with Gasteiger partial charge < -0.3 is 9.47 Å². The third-order valence-electron chi connectivity index (χ3n) is 7.72. The quantitative estimate of drug-likeness (QED) is 0.117. The Morgan fingerprint density at radius 3 is 0.944 bits per heavy atom. The molecule has 2 heteroatoms. The fraction of sp³-hybridized carbons (Fsp3) is 0.824. The maximum absolute atomic E-state index is 5.60. The van der Waals surface area contributed by atoms with Crippen LogP contribution in [0, 0.1) is 0 Å². The first-order chi connectivity index (χ1) is 17.8. The minimum absolute atomic E-state index is 0.728. The molecule has 36 heavy (non-hydrogen) atoms. The van der Waals surface area contributed by atoms with Gasteiger partial charge >= 0.3 is 0 Å². The van der Waals surface area contributed by atoms with E-state index in [1.54, 1.807) is 0 Å². The second-order valence-corrected chi connectivity index (χ2v) is 11.1. The van der Waals surface area contributed by atoms with Crippen LogP contribution in [-0.4, -0.2) is 14.2 Å². The van der Waals surface area contributed by atoms with Gasteiger partial charge in [-0.1, -0.05) is 142 Å². The van der Waals surface area contributed by atoms with E-state index in [1.807, 2.05) is 14.2 Å². The van der Waals surface area contributed by atoms with Gasteiger partial charge in [0.15, 0.2) is 0 Å². The zero-order valence-electron chi connectivity index (χ0n) is 24.9. The molecule has 2 nitrogen and oxygen atoms in total. The number of aryl methyl sites for hydroxylation is 2. The van der Waals surface area contributed by atoms with Crippen molar-refractivity contribution in [2.75, 3.05) is 14.2 Å². The van der Waals surface area contributed by atoms with Crippen molar-refractivity contribution in [3.05, 3.63) is 34.4 Å². The first-order valence-electron chi connectivity index (χ1n) is 15.9. The summed E-state index contributed by atoms with van der Waals surface area (Å²) >= 11 is 0. The Kier molecular flexibility index (Phi) is 22.6. The van der Waals surface area contributed by atoms with Gasteiger partial charge in [-0.3, -0.25) is 0 Å². The average molecular weight is 503 g/mol. The molecule has 0 heterocycles. The number of rotatable bonds is 26. The van der Waals surface area contributed by atoms with Crippen LogP contribution in [0.4, 0.5) is 0 Å². The standard InChI is InChI=1S/C34H62O2/c1-5-7-9-11-13-15-17-19-21-23-25-31-27-34(30-36-4)32(28-33(31)29-35-3)26-24-22-20-18-16-14-12-10-8-6-2/h27-28H,5-26,29-30H2,1-4H3. The molecule has 1 rings (SSSR count). The van der Waals surface area contributed by atoms with Crippen LogP contribution in [-0.2, 0) is 35.5 Å². The molecule has 0 aliphatic carbocycles. The predicted molar refractivity (Wildman–Crippen MR) is 159 cm³/mol. The summed E-state index contributed by atoms with van der Waals surface area (Å²) in [5, 5.41) is 0. The van der Waals surface area contributed by atoms with Gasteiger partial charge in [0.2, 0.25) is 0 Å². The number of hydrogen-bond donors (Lipinski definition) is 0. The van der Waals surface area contributed by atoms with E-state index in [4.69, 9.17) is 9.47 Å². The number of unbranched alkanes of at least 4 members (excludes halogenated alkanes) is 18. The highest BCUT2D eigenvalue weighted by Gasteiger charge is 2.11. The third-order valence-corrected chi connectivity index (χ3v) is 7.72. The van der Waals surface area contributed by atoms with Gasteiger partial charge in [-0.05, 0) is 47.9 Å². The van der Waals surface area contributed by atoms with Gasteiger partial charge in [0.1, 0.15) is 0 Å². The highest BCUT2D eigenvalue weighted by atomic mass is 16.5. The highest BCUT2D eigenvalue weighted by Crippen LogP contribution is 2.24. The smallest absolute Gasteiger partial charge is 0.0715 e. The van der Waals surface area contributed by atoms with Gasteiger partial charge in [0.05, 0.1) is 13.2 Å². The van der Waals surface area contributed by atoms with Gasteiger partial charge in [-0.2, -0.15) is 0 Å². The van der Waals surface area contributed by atoms with Gasteiger partial charge in [-0.25, -0.2) is 0 Å². The van der Waals surface area contributed by atoms with Crippen LogP contribution in [0.1, 0.15) is 165 Å². The summed E-state index contributed by atoms with van der Waals surface area (Å²) in [5.74, 6) is 0. The predicted octanol–water partition coefficient (Wildman–Crippen LogP) is 10.9. The minimum Gasteiger partial charge on any atom is -0.380 e. The lowest BCUT2D eigenvalue weighted by molar-refractivity contribution is 0.181. The topological polar surface area (TPSA) is 18.5 Å². The number of hydrogen-bond acceptors (Lipinski definition) is 2. The largest absolute Gasteiger partial charge is 0.380 e. The summed E-state index contributed by atoms with van der Waals surface area (Å²) in [6.45, 7) is 6.04. The van der Waals surface area contributed by atoms with Crippen molar-refractivity contribution in [3.63, 3.8) is 0 Å². The van der Waals surface area contributed by atoms with Crippen molar-refractivity contribution in [3.8, 4) is 0 Å². The minimum atomic E-state index is 0.728. The summed E-state index contributed by atoms with van der Waals surface area (Å²) < 4.78 is 11.2. The maximum Gasteiger partial charge on any atom is 0.0715 e. The van der Waals surface area contributed by atoms with Gasteiger partial charge in [0, 0.05) is 14.2 Å². The Morgan fingerprint density at radius 1 is 0.389 bits per heavy atom. The Bertz CT molecular complexity index is 556. The molecule has 0 aliphatic heterocycles. The van der Waals surface area contributed by atoms with Crippen molar-refractivity contribution in [2.24, 2.45) is 0 Å². The van der Waals surface area contributed by atoms with E-state index >= 15 is 0 Å². The fourth-order valence-electron chi connectivity index (χ4n) is 5.44. The van der Waals surface area contributed by atoms with E-state index < -0.39 is 0 Å². The van der Waals surface area contributed by atoms with Crippen LogP contribution >= 0.6 is 0 Å². The molecule has 0 spiro atoms. The second kappa shape index (κ2) is 24.5. The SMILES string of the molecule is CCCCCCCCCCCCc1cc(COC)c(CCCCCCCCCCCC)cc1COC. The third kappa shape index (κ3) is 16.8. The molecule has 0 amide bonds. The molecule has 210 valence electrons. The van der Waals surface area contributed by atoms with Gasteiger partial charge in [-0.15, -0.1) is 0 Å². The van der Waals surface area contributed by atoms with Crippen LogP contribution in [0.2, 0.25) is 0 Å². The molecule has 1 aromatic carbocycles. The van der Waals surface area contributed by atoms with Crippen molar-refractivity contribution in [1.82, 2.24) is 0 Å². The summed E-state index contributed by atoms with van der Waals surface area (Å²) in [5.41, 5.74) is 5.76.